The van der Waals surface area contributed by atoms with Gasteiger partial charge in [-0.15, -0.1) is 0 Å². The summed E-state index contributed by atoms with van der Waals surface area (Å²) in [5, 5.41) is 0.539. The van der Waals surface area contributed by atoms with Crippen LogP contribution < -0.4 is 16.1 Å². The fourth-order valence-electron chi connectivity index (χ4n) is 3.63. The predicted octanol–water partition coefficient (Wildman–Crippen LogP) is 1.13. The molecule has 28 heavy (non-hydrogen) atoms. The third-order valence-electron chi connectivity index (χ3n) is 5.15. The number of rotatable bonds is 4. The maximum Gasteiger partial charge on any atom is 0.332 e. The Morgan fingerprint density at radius 3 is 2.68 bits per heavy atom. The molecule has 2 aromatic heterocycles. The summed E-state index contributed by atoms with van der Waals surface area (Å²) in [6.07, 6.45) is 0.859. The summed E-state index contributed by atoms with van der Waals surface area (Å²) in [6, 6.07) is 7.92. The van der Waals surface area contributed by atoms with Gasteiger partial charge in [0, 0.05) is 32.9 Å². The third-order valence-corrected chi connectivity index (χ3v) is 6.16. The van der Waals surface area contributed by atoms with Crippen LogP contribution in [0.25, 0.3) is 11.2 Å². The molecule has 1 aliphatic rings. The van der Waals surface area contributed by atoms with Crippen molar-refractivity contribution in [2.75, 3.05) is 17.2 Å². The number of para-hydroxylation sites is 1. The molecule has 1 aliphatic heterocycles. The molecular formula is C19H21N5O3S. The molecule has 0 bridgehead atoms. The number of carbonyl (C=O) groups excluding carboxylic acids is 1. The van der Waals surface area contributed by atoms with Gasteiger partial charge in [-0.3, -0.25) is 18.7 Å². The largest absolute Gasteiger partial charge is 0.332 e. The highest BCUT2D eigenvalue weighted by Crippen LogP contribution is 2.29. The molecule has 0 radical (unpaired) electrons. The summed E-state index contributed by atoms with van der Waals surface area (Å²) in [4.78, 5) is 44.0. The quantitative estimate of drug-likeness (QED) is 0.615. The first-order valence-corrected chi connectivity index (χ1v) is 10.1. The molecule has 0 aliphatic carbocycles. The van der Waals surface area contributed by atoms with E-state index in [2.05, 4.69) is 4.98 Å². The van der Waals surface area contributed by atoms with Crippen molar-refractivity contribution in [3.05, 3.63) is 50.7 Å². The van der Waals surface area contributed by atoms with Gasteiger partial charge in [0.2, 0.25) is 5.91 Å². The average molecular weight is 399 g/mol. The van der Waals surface area contributed by atoms with Crippen molar-refractivity contribution in [2.45, 2.75) is 25.0 Å². The molecule has 0 saturated carbocycles. The number of anilines is 1. The molecule has 1 amide bonds. The second kappa shape index (κ2) is 6.97. The van der Waals surface area contributed by atoms with E-state index in [1.54, 1.807) is 30.5 Å². The molecule has 4 rings (SSSR count). The lowest BCUT2D eigenvalue weighted by Crippen LogP contribution is -2.39. The molecule has 9 heteroatoms. The smallest absolute Gasteiger partial charge is 0.316 e. The lowest BCUT2D eigenvalue weighted by molar-refractivity contribution is -0.116. The van der Waals surface area contributed by atoms with Gasteiger partial charge in [-0.25, -0.2) is 9.78 Å². The normalized spacial score (nSPS) is 13.3. The molecule has 8 nitrogen and oxygen atoms in total. The molecule has 0 atom stereocenters. The fourth-order valence-corrected chi connectivity index (χ4v) is 4.48. The van der Waals surface area contributed by atoms with Gasteiger partial charge in [0.1, 0.15) is 0 Å². The van der Waals surface area contributed by atoms with Crippen LogP contribution in [0, 0.1) is 0 Å². The number of thioether (sulfide) groups is 1. The first-order valence-electron chi connectivity index (χ1n) is 9.11. The van der Waals surface area contributed by atoms with Gasteiger partial charge in [-0.1, -0.05) is 30.0 Å². The summed E-state index contributed by atoms with van der Waals surface area (Å²) in [5.41, 5.74) is 2.10. The van der Waals surface area contributed by atoms with Crippen molar-refractivity contribution in [3.8, 4) is 0 Å². The van der Waals surface area contributed by atoms with Crippen molar-refractivity contribution in [3.63, 3.8) is 0 Å². The zero-order valence-corrected chi connectivity index (χ0v) is 16.8. The van der Waals surface area contributed by atoms with E-state index in [9.17, 15) is 14.4 Å². The lowest BCUT2D eigenvalue weighted by Gasteiger charge is -2.16. The van der Waals surface area contributed by atoms with E-state index >= 15 is 0 Å². The Labute approximate surface area is 165 Å². The molecule has 0 spiro atoms. The number of aromatic nitrogens is 4. The van der Waals surface area contributed by atoms with Crippen LogP contribution in [0.15, 0.2) is 39.0 Å². The van der Waals surface area contributed by atoms with Gasteiger partial charge in [0.05, 0.1) is 5.75 Å². The minimum absolute atomic E-state index is 0.00173. The monoisotopic (exact) mass is 399 g/mol. The highest BCUT2D eigenvalue weighted by Gasteiger charge is 2.25. The Hall–Kier alpha value is -2.81. The van der Waals surface area contributed by atoms with Gasteiger partial charge in [-0.05, 0) is 25.0 Å². The number of aryl methyl sites for hydroxylation is 2. The van der Waals surface area contributed by atoms with Crippen molar-refractivity contribution in [2.24, 2.45) is 14.1 Å². The molecule has 0 saturated heterocycles. The van der Waals surface area contributed by atoms with Crippen LogP contribution in [-0.2, 0) is 31.9 Å². The zero-order chi connectivity index (χ0) is 20.0. The molecule has 146 valence electrons. The molecule has 0 fully saturated rings. The summed E-state index contributed by atoms with van der Waals surface area (Å²) in [5.74, 6) is 0.211. The number of imidazole rings is 1. The Bertz CT molecular complexity index is 1210. The van der Waals surface area contributed by atoms with Gasteiger partial charge >= 0.3 is 5.69 Å². The van der Waals surface area contributed by atoms with Gasteiger partial charge in [0.25, 0.3) is 5.56 Å². The Balaban J connectivity index is 1.63. The average Bonchev–Trinajstić information content (AvgIpc) is 3.26. The van der Waals surface area contributed by atoms with Gasteiger partial charge < -0.3 is 9.47 Å². The maximum atomic E-state index is 12.7. The standard InChI is InChI=1S/C19H21N5O3S/c1-4-23-17(26)15-16(22(3)19(23)27)20-18(21(15)2)28-11-14(25)24-10-9-12-7-5-6-8-13(12)24/h5-8H,4,9-11H2,1-3H3. The third kappa shape index (κ3) is 2.77. The minimum Gasteiger partial charge on any atom is -0.316 e. The van der Waals surface area contributed by atoms with Gasteiger partial charge in [-0.2, -0.15) is 0 Å². The Kier molecular flexibility index (Phi) is 4.62. The highest BCUT2D eigenvalue weighted by molar-refractivity contribution is 7.99. The van der Waals surface area contributed by atoms with Crippen LogP contribution in [0.4, 0.5) is 5.69 Å². The Morgan fingerprint density at radius 2 is 1.93 bits per heavy atom. The summed E-state index contributed by atoms with van der Waals surface area (Å²) >= 11 is 1.28. The summed E-state index contributed by atoms with van der Waals surface area (Å²) in [7, 11) is 3.34. The summed E-state index contributed by atoms with van der Waals surface area (Å²) in [6.45, 7) is 2.73. The number of hydrogen-bond acceptors (Lipinski definition) is 5. The molecule has 3 heterocycles. The van der Waals surface area contributed by atoms with Crippen LogP contribution in [0.1, 0.15) is 12.5 Å². The van der Waals surface area contributed by atoms with E-state index in [1.807, 2.05) is 24.3 Å². The van der Waals surface area contributed by atoms with Crippen LogP contribution >= 0.6 is 11.8 Å². The van der Waals surface area contributed by atoms with E-state index < -0.39 is 0 Å². The van der Waals surface area contributed by atoms with E-state index in [0.717, 1.165) is 12.1 Å². The molecule has 0 unspecified atom stereocenters. The highest BCUT2D eigenvalue weighted by atomic mass is 32.2. The topological polar surface area (TPSA) is 82.1 Å². The van der Waals surface area contributed by atoms with Crippen molar-refractivity contribution < 1.29 is 4.79 Å². The van der Waals surface area contributed by atoms with E-state index in [4.69, 9.17) is 0 Å². The zero-order valence-electron chi connectivity index (χ0n) is 16.0. The molecule has 0 N–H and O–H groups in total. The Morgan fingerprint density at radius 1 is 1.18 bits per heavy atom. The fraction of sp³-hybridized carbons (Fsp3) is 0.368. The van der Waals surface area contributed by atoms with Crippen LogP contribution in [0.3, 0.4) is 0 Å². The molecule has 3 aromatic rings. The first kappa shape index (κ1) is 18.5. The van der Waals surface area contributed by atoms with E-state index in [1.165, 1.54) is 26.5 Å². The van der Waals surface area contributed by atoms with Crippen LogP contribution in [0.5, 0.6) is 0 Å². The van der Waals surface area contributed by atoms with E-state index in [0.29, 0.717) is 29.4 Å². The molecular weight excluding hydrogens is 378 g/mol. The number of carbonyl (C=O) groups is 1. The van der Waals surface area contributed by atoms with Gasteiger partial charge in [0.15, 0.2) is 16.3 Å². The van der Waals surface area contributed by atoms with Crippen molar-refractivity contribution >= 4 is 34.5 Å². The number of fused-ring (bicyclic) bond motifs is 2. The van der Waals surface area contributed by atoms with Crippen molar-refractivity contribution in [1.82, 2.24) is 18.7 Å². The maximum absolute atomic E-state index is 12.7. The SMILES string of the molecule is CCn1c(=O)c2c(nc(SCC(=O)N3CCc4ccccc43)n2C)n(C)c1=O. The molecule has 1 aromatic carbocycles. The number of benzene rings is 1. The number of hydrogen-bond donors (Lipinski definition) is 0. The predicted molar refractivity (Wildman–Crippen MR) is 109 cm³/mol. The number of amides is 1. The first-order chi connectivity index (χ1) is 13.4. The van der Waals surface area contributed by atoms with E-state index in [-0.39, 0.29) is 22.9 Å². The second-order valence-corrected chi connectivity index (χ2v) is 7.67. The van der Waals surface area contributed by atoms with Crippen molar-refractivity contribution in [1.29, 1.82) is 0 Å². The van der Waals surface area contributed by atoms with Crippen LogP contribution in [-0.4, -0.2) is 36.9 Å². The number of nitrogens with zero attached hydrogens (tertiary/aromatic N) is 5. The van der Waals surface area contributed by atoms with Crippen LogP contribution in [0.2, 0.25) is 0 Å². The lowest BCUT2D eigenvalue weighted by atomic mass is 10.2. The second-order valence-electron chi connectivity index (χ2n) is 6.73. The summed E-state index contributed by atoms with van der Waals surface area (Å²) < 4.78 is 4.23. The minimum atomic E-state index is -0.389.